The molecule has 11 heavy (non-hydrogen) atoms. The van der Waals surface area contributed by atoms with Gasteiger partial charge in [0.05, 0.1) is 0 Å². The van der Waals surface area contributed by atoms with E-state index in [4.69, 9.17) is 0 Å². The van der Waals surface area contributed by atoms with E-state index in [0.717, 1.165) is 5.82 Å². The summed E-state index contributed by atoms with van der Waals surface area (Å²) < 4.78 is 0. The standard InChI is InChI=1S/C10H21B/c1-10(2,3)11-9-7-5-4-6-8-9/h9,11H,4-8H2,1-3H3. The average Bonchev–Trinajstić information content (AvgIpc) is 1.85. The van der Waals surface area contributed by atoms with Crippen LogP contribution in [0.4, 0.5) is 0 Å². The maximum Gasteiger partial charge on any atom is 0.130 e. The minimum atomic E-state index is 0.558. The zero-order valence-electron chi connectivity index (χ0n) is 8.32. The summed E-state index contributed by atoms with van der Waals surface area (Å²) in [6, 6.07) is 0. The predicted octanol–water partition coefficient (Wildman–Crippen LogP) is 3.39. The Kier molecular flexibility index (Phi) is 3.03. The highest BCUT2D eigenvalue weighted by molar-refractivity contribution is 6.41. The van der Waals surface area contributed by atoms with Crippen LogP contribution in [0.25, 0.3) is 0 Å². The molecule has 1 saturated carbocycles. The molecular formula is C10H21B. The SMILES string of the molecule is CC(C)(C)BC1CCCCC1. The molecule has 0 radical (unpaired) electrons. The van der Waals surface area contributed by atoms with Gasteiger partial charge in [0.1, 0.15) is 7.28 Å². The minimum absolute atomic E-state index is 0.558. The first-order valence-corrected chi connectivity index (χ1v) is 5.08. The molecule has 0 heterocycles. The minimum Gasteiger partial charge on any atom is -0.0671 e. The summed E-state index contributed by atoms with van der Waals surface area (Å²) in [5.74, 6) is 1.05. The molecule has 0 aromatic rings. The Morgan fingerprint density at radius 3 is 2.00 bits per heavy atom. The van der Waals surface area contributed by atoms with Crippen molar-refractivity contribution in [3.05, 3.63) is 0 Å². The van der Waals surface area contributed by atoms with Gasteiger partial charge in [-0.05, 0) is 0 Å². The molecule has 0 spiro atoms. The molecular weight excluding hydrogens is 131 g/mol. The summed E-state index contributed by atoms with van der Waals surface area (Å²) in [7, 11) is 1.44. The zero-order chi connectivity index (χ0) is 8.32. The first-order chi connectivity index (χ1) is 5.08. The van der Waals surface area contributed by atoms with E-state index < -0.39 is 0 Å². The molecule has 1 heteroatoms. The Hall–Kier alpha value is 0.0649. The van der Waals surface area contributed by atoms with Crippen LogP contribution in [0.1, 0.15) is 52.9 Å². The van der Waals surface area contributed by atoms with Gasteiger partial charge in [-0.1, -0.05) is 64.0 Å². The Bertz CT molecular complexity index is 107. The molecule has 0 unspecified atom stereocenters. The Balaban J connectivity index is 2.24. The van der Waals surface area contributed by atoms with Crippen LogP contribution in [0, 0.1) is 0 Å². The van der Waals surface area contributed by atoms with Crippen molar-refractivity contribution in [3.63, 3.8) is 0 Å². The fraction of sp³-hybridized carbons (Fsp3) is 1.00. The Morgan fingerprint density at radius 2 is 1.55 bits per heavy atom. The molecule has 0 saturated heterocycles. The van der Waals surface area contributed by atoms with E-state index >= 15 is 0 Å². The lowest BCUT2D eigenvalue weighted by Crippen LogP contribution is -2.17. The van der Waals surface area contributed by atoms with Gasteiger partial charge in [-0.3, -0.25) is 0 Å². The van der Waals surface area contributed by atoms with Crippen molar-refractivity contribution in [2.45, 2.75) is 64.0 Å². The third-order valence-electron chi connectivity index (χ3n) is 2.63. The highest BCUT2D eigenvalue weighted by Crippen LogP contribution is 2.35. The summed E-state index contributed by atoms with van der Waals surface area (Å²) in [5.41, 5.74) is 0. The fourth-order valence-corrected chi connectivity index (χ4v) is 2.26. The van der Waals surface area contributed by atoms with E-state index in [2.05, 4.69) is 20.8 Å². The first-order valence-electron chi connectivity index (χ1n) is 5.08. The molecule has 0 aliphatic heterocycles. The van der Waals surface area contributed by atoms with E-state index in [1.807, 2.05) is 0 Å². The average molecular weight is 152 g/mol. The number of hydrogen-bond donors (Lipinski definition) is 0. The van der Waals surface area contributed by atoms with Gasteiger partial charge in [0.2, 0.25) is 0 Å². The van der Waals surface area contributed by atoms with Crippen LogP contribution in [0.15, 0.2) is 0 Å². The van der Waals surface area contributed by atoms with Crippen molar-refractivity contribution in [1.29, 1.82) is 0 Å². The van der Waals surface area contributed by atoms with E-state index in [1.54, 1.807) is 0 Å². The van der Waals surface area contributed by atoms with Crippen LogP contribution < -0.4 is 0 Å². The van der Waals surface area contributed by atoms with Gasteiger partial charge < -0.3 is 0 Å². The Labute approximate surface area is 72.0 Å². The zero-order valence-corrected chi connectivity index (χ0v) is 8.32. The summed E-state index contributed by atoms with van der Waals surface area (Å²) in [6.45, 7) is 7.09. The molecule has 1 aliphatic rings. The van der Waals surface area contributed by atoms with Crippen LogP contribution in [0.2, 0.25) is 11.1 Å². The largest absolute Gasteiger partial charge is 0.130 e. The molecule has 1 aliphatic carbocycles. The first kappa shape index (κ1) is 9.16. The van der Waals surface area contributed by atoms with E-state index in [1.165, 1.54) is 39.4 Å². The number of rotatable bonds is 1. The molecule has 1 fully saturated rings. The quantitative estimate of drug-likeness (QED) is 0.505. The van der Waals surface area contributed by atoms with Crippen molar-refractivity contribution >= 4 is 7.28 Å². The van der Waals surface area contributed by atoms with Gasteiger partial charge in [0, 0.05) is 0 Å². The van der Waals surface area contributed by atoms with Crippen molar-refractivity contribution in [2.75, 3.05) is 0 Å². The molecule has 0 amide bonds. The van der Waals surface area contributed by atoms with Crippen molar-refractivity contribution in [2.24, 2.45) is 0 Å². The van der Waals surface area contributed by atoms with Gasteiger partial charge in [0.25, 0.3) is 0 Å². The van der Waals surface area contributed by atoms with Crippen LogP contribution in [-0.2, 0) is 0 Å². The van der Waals surface area contributed by atoms with Crippen molar-refractivity contribution < 1.29 is 0 Å². The van der Waals surface area contributed by atoms with E-state index in [9.17, 15) is 0 Å². The second kappa shape index (κ2) is 3.64. The molecule has 0 aromatic heterocycles. The van der Waals surface area contributed by atoms with Gasteiger partial charge in [-0.2, -0.15) is 0 Å². The topological polar surface area (TPSA) is 0 Å². The molecule has 0 bridgehead atoms. The highest BCUT2D eigenvalue weighted by Gasteiger charge is 2.21. The maximum absolute atomic E-state index is 2.36. The van der Waals surface area contributed by atoms with Gasteiger partial charge in [-0.25, -0.2) is 0 Å². The van der Waals surface area contributed by atoms with Gasteiger partial charge in [0.15, 0.2) is 0 Å². The molecule has 0 nitrogen and oxygen atoms in total. The Morgan fingerprint density at radius 1 is 1.00 bits per heavy atom. The number of hydrogen-bond acceptors (Lipinski definition) is 0. The molecule has 64 valence electrons. The van der Waals surface area contributed by atoms with Crippen LogP contribution in [-0.4, -0.2) is 7.28 Å². The lowest BCUT2D eigenvalue weighted by molar-refractivity contribution is 0.492. The molecule has 0 aromatic carbocycles. The summed E-state index contributed by atoms with van der Waals surface area (Å²) in [6.07, 6.45) is 7.46. The van der Waals surface area contributed by atoms with Crippen molar-refractivity contribution in [3.8, 4) is 0 Å². The lowest BCUT2D eigenvalue weighted by Gasteiger charge is -2.27. The second-order valence-corrected chi connectivity index (χ2v) is 5.27. The smallest absolute Gasteiger partial charge is 0.0671 e. The van der Waals surface area contributed by atoms with Gasteiger partial charge in [-0.15, -0.1) is 0 Å². The summed E-state index contributed by atoms with van der Waals surface area (Å²) >= 11 is 0. The second-order valence-electron chi connectivity index (χ2n) is 5.27. The van der Waals surface area contributed by atoms with E-state index in [0.29, 0.717) is 5.31 Å². The fourth-order valence-electron chi connectivity index (χ4n) is 2.26. The highest BCUT2D eigenvalue weighted by atomic mass is 14.1. The summed E-state index contributed by atoms with van der Waals surface area (Å²) in [5, 5.41) is 0.558. The molecule has 0 atom stereocenters. The lowest BCUT2D eigenvalue weighted by atomic mass is 9.45. The van der Waals surface area contributed by atoms with Crippen molar-refractivity contribution in [1.82, 2.24) is 0 Å². The van der Waals surface area contributed by atoms with Crippen LogP contribution in [0.3, 0.4) is 0 Å². The predicted molar refractivity (Wildman–Crippen MR) is 53.7 cm³/mol. The maximum atomic E-state index is 2.36. The third-order valence-corrected chi connectivity index (χ3v) is 2.63. The third kappa shape index (κ3) is 3.84. The van der Waals surface area contributed by atoms with E-state index in [-0.39, 0.29) is 0 Å². The molecule has 0 N–H and O–H groups in total. The molecule has 1 rings (SSSR count). The summed E-state index contributed by atoms with van der Waals surface area (Å²) in [4.78, 5) is 0. The van der Waals surface area contributed by atoms with Gasteiger partial charge >= 0.3 is 0 Å². The monoisotopic (exact) mass is 152 g/mol. The van der Waals surface area contributed by atoms with Crippen LogP contribution in [0.5, 0.6) is 0 Å². The van der Waals surface area contributed by atoms with Crippen LogP contribution >= 0.6 is 0 Å². The normalized spacial score (nSPS) is 21.7.